The van der Waals surface area contributed by atoms with Crippen LogP contribution in [0, 0.1) is 12.6 Å². The lowest BCUT2D eigenvalue weighted by molar-refractivity contribution is 0.456. The summed E-state index contributed by atoms with van der Waals surface area (Å²) in [7, 11) is 0. The molecule has 0 fully saturated rings. The van der Waals surface area contributed by atoms with Gasteiger partial charge >= 0.3 is 0 Å². The minimum absolute atomic E-state index is 0.428. The van der Waals surface area contributed by atoms with Gasteiger partial charge in [0.15, 0.2) is 0 Å². The molecule has 1 aromatic rings. The fraction of sp³-hybridized carbons (Fsp3) is 0. The summed E-state index contributed by atoms with van der Waals surface area (Å²) in [6.07, 6.45) is 0. The highest BCUT2D eigenvalue weighted by molar-refractivity contribution is 6.22. The Morgan fingerprint density at radius 3 is 2.82 bits per heavy atom. The summed E-state index contributed by atoms with van der Waals surface area (Å²) >= 11 is 5.09. The van der Waals surface area contributed by atoms with E-state index in [0.29, 0.717) is 11.4 Å². The van der Waals surface area contributed by atoms with Gasteiger partial charge in [0.05, 0.1) is 6.57 Å². The summed E-state index contributed by atoms with van der Waals surface area (Å²) in [6.45, 7) is 6.74. The SMILES string of the molecule is [C-]#[N+]c1ccccc1O[C]Cl. The minimum Gasteiger partial charge on any atom is -0.472 e. The van der Waals surface area contributed by atoms with Crippen LogP contribution in [0.5, 0.6) is 5.75 Å². The standard InChI is InChI=1S/C8H4ClNO/c1-10-7-4-2-3-5-8(7)11-6-9/h2-5H. The molecule has 2 nitrogen and oxygen atoms in total. The molecule has 0 unspecified atom stereocenters. The van der Waals surface area contributed by atoms with E-state index in [0.717, 1.165) is 0 Å². The molecule has 0 saturated heterocycles. The monoisotopic (exact) mass is 165 g/mol. The molecule has 0 saturated carbocycles. The van der Waals surface area contributed by atoms with Gasteiger partial charge in [-0.1, -0.05) is 29.8 Å². The fourth-order valence-electron chi connectivity index (χ4n) is 0.677. The van der Waals surface area contributed by atoms with Crippen LogP contribution in [0.4, 0.5) is 5.69 Å². The number of rotatable bonds is 2. The normalized spacial score (nSPS) is 8.73. The van der Waals surface area contributed by atoms with E-state index in [1.54, 1.807) is 24.3 Å². The van der Waals surface area contributed by atoms with E-state index in [1.807, 2.05) is 6.07 Å². The summed E-state index contributed by atoms with van der Waals surface area (Å²) in [6, 6.07) is 8.81. The summed E-state index contributed by atoms with van der Waals surface area (Å²) in [4.78, 5) is 3.22. The van der Waals surface area contributed by atoms with E-state index in [4.69, 9.17) is 22.9 Å². The van der Waals surface area contributed by atoms with Crippen molar-refractivity contribution in [1.29, 1.82) is 0 Å². The van der Waals surface area contributed by atoms with Gasteiger partial charge in [0.2, 0.25) is 5.69 Å². The van der Waals surface area contributed by atoms with Crippen LogP contribution < -0.4 is 4.74 Å². The molecule has 0 aliphatic carbocycles. The zero-order chi connectivity index (χ0) is 8.10. The smallest absolute Gasteiger partial charge is 0.299 e. The highest BCUT2D eigenvalue weighted by atomic mass is 35.5. The summed E-state index contributed by atoms with van der Waals surface area (Å²) in [5.41, 5.74) is 0.431. The lowest BCUT2D eigenvalue weighted by atomic mass is 10.3. The van der Waals surface area contributed by atoms with Crippen molar-refractivity contribution in [3.8, 4) is 5.75 Å². The first kappa shape index (κ1) is 7.90. The van der Waals surface area contributed by atoms with Crippen LogP contribution in [-0.4, -0.2) is 0 Å². The van der Waals surface area contributed by atoms with Crippen LogP contribution in [0.3, 0.4) is 0 Å². The van der Waals surface area contributed by atoms with Crippen LogP contribution >= 0.6 is 11.6 Å². The Balaban J connectivity index is 2.95. The number of benzene rings is 1. The maximum Gasteiger partial charge on any atom is 0.299 e. The van der Waals surface area contributed by atoms with Crippen molar-refractivity contribution >= 4 is 17.3 Å². The number of hydrogen-bond donors (Lipinski definition) is 0. The zero-order valence-electron chi connectivity index (χ0n) is 5.54. The van der Waals surface area contributed by atoms with Crippen molar-refractivity contribution in [2.45, 2.75) is 0 Å². The summed E-state index contributed by atoms with van der Waals surface area (Å²) in [5, 5.41) is 0. The number of halogens is 1. The fourth-order valence-corrected chi connectivity index (χ4v) is 0.761. The van der Waals surface area contributed by atoms with Gasteiger partial charge in [-0.2, -0.15) is 0 Å². The number of nitrogens with zero attached hydrogens (tertiary/aromatic N) is 1. The van der Waals surface area contributed by atoms with Crippen molar-refractivity contribution in [3.05, 3.63) is 41.7 Å². The van der Waals surface area contributed by atoms with Gasteiger partial charge in [-0.05, 0) is 6.07 Å². The molecule has 0 N–H and O–H groups in total. The maximum atomic E-state index is 6.74. The molecule has 0 spiro atoms. The van der Waals surface area contributed by atoms with Gasteiger partial charge in [-0.3, -0.25) is 0 Å². The second-order valence-corrected chi connectivity index (χ2v) is 1.91. The Kier molecular flexibility index (Phi) is 2.76. The van der Waals surface area contributed by atoms with Crippen molar-refractivity contribution in [1.82, 2.24) is 0 Å². The molecule has 0 amide bonds. The second kappa shape index (κ2) is 3.85. The maximum absolute atomic E-state index is 6.74. The van der Waals surface area contributed by atoms with Gasteiger partial charge in [-0.25, -0.2) is 4.85 Å². The molecule has 2 radical (unpaired) electrons. The Bertz CT molecular complexity index is 280. The van der Waals surface area contributed by atoms with Crippen molar-refractivity contribution in [2.75, 3.05) is 0 Å². The van der Waals surface area contributed by atoms with E-state index in [1.165, 1.54) is 0 Å². The van der Waals surface area contributed by atoms with Crippen molar-refractivity contribution < 1.29 is 4.74 Å². The molecule has 0 aliphatic heterocycles. The minimum atomic E-state index is 0.428. The second-order valence-electron chi connectivity index (χ2n) is 1.76. The van der Waals surface area contributed by atoms with Gasteiger partial charge in [-0.15, -0.1) is 0 Å². The Hall–Kier alpha value is -1.20. The molecular formula is C8H4ClNO. The van der Waals surface area contributed by atoms with E-state index < -0.39 is 0 Å². The average Bonchev–Trinajstić information content (AvgIpc) is 2.06. The highest BCUT2D eigenvalue weighted by Crippen LogP contribution is 2.27. The third-order valence-corrected chi connectivity index (χ3v) is 1.21. The lowest BCUT2D eigenvalue weighted by Gasteiger charge is -2.00. The quantitative estimate of drug-likeness (QED) is 0.615. The van der Waals surface area contributed by atoms with Crippen LogP contribution in [0.25, 0.3) is 4.85 Å². The number of ether oxygens (including phenoxy) is 1. The number of hydrogen-bond acceptors (Lipinski definition) is 1. The van der Waals surface area contributed by atoms with E-state index in [9.17, 15) is 0 Å². The van der Waals surface area contributed by atoms with Gasteiger partial charge < -0.3 is 4.74 Å². The lowest BCUT2D eigenvalue weighted by Crippen LogP contribution is -1.82. The third kappa shape index (κ3) is 1.86. The number of para-hydroxylation sites is 2. The van der Waals surface area contributed by atoms with Crippen molar-refractivity contribution in [2.24, 2.45) is 0 Å². The Morgan fingerprint density at radius 1 is 1.45 bits per heavy atom. The Morgan fingerprint density at radius 2 is 2.18 bits per heavy atom. The first-order valence-electron chi connectivity index (χ1n) is 2.87. The van der Waals surface area contributed by atoms with Gasteiger partial charge in [0.1, 0.15) is 5.75 Å². The first-order chi connectivity index (χ1) is 5.38. The molecule has 0 bridgehead atoms. The van der Waals surface area contributed by atoms with Crippen LogP contribution in [0.2, 0.25) is 0 Å². The summed E-state index contributed by atoms with van der Waals surface area (Å²) in [5.74, 6) is 0.428. The predicted molar refractivity (Wildman–Crippen MR) is 42.4 cm³/mol. The molecule has 0 aromatic heterocycles. The molecule has 11 heavy (non-hydrogen) atoms. The molecule has 1 rings (SSSR count). The van der Waals surface area contributed by atoms with E-state index in [2.05, 4.69) is 4.85 Å². The van der Waals surface area contributed by atoms with E-state index in [-0.39, 0.29) is 0 Å². The van der Waals surface area contributed by atoms with Crippen LogP contribution in [-0.2, 0) is 0 Å². The van der Waals surface area contributed by atoms with Crippen LogP contribution in [0.15, 0.2) is 24.3 Å². The summed E-state index contributed by atoms with van der Waals surface area (Å²) < 4.78 is 4.73. The molecule has 3 heteroatoms. The highest BCUT2D eigenvalue weighted by Gasteiger charge is 2.00. The first-order valence-corrected chi connectivity index (χ1v) is 3.25. The predicted octanol–water partition coefficient (Wildman–Crippen LogP) is 2.85. The van der Waals surface area contributed by atoms with Crippen LogP contribution in [0.1, 0.15) is 0 Å². The largest absolute Gasteiger partial charge is 0.472 e. The zero-order valence-corrected chi connectivity index (χ0v) is 6.30. The third-order valence-electron chi connectivity index (χ3n) is 1.13. The Labute approximate surface area is 70.2 Å². The average molecular weight is 166 g/mol. The topological polar surface area (TPSA) is 13.6 Å². The molecular weight excluding hydrogens is 162 g/mol. The van der Waals surface area contributed by atoms with Crippen molar-refractivity contribution in [3.63, 3.8) is 0 Å². The van der Waals surface area contributed by atoms with Gasteiger partial charge in [0, 0.05) is 0 Å². The molecule has 0 atom stereocenters. The molecule has 0 heterocycles. The molecule has 1 aromatic carbocycles. The molecule has 54 valence electrons. The van der Waals surface area contributed by atoms with E-state index >= 15 is 0 Å². The molecule has 0 aliphatic rings. The van der Waals surface area contributed by atoms with Gasteiger partial charge in [0.25, 0.3) is 6.07 Å².